The van der Waals surface area contributed by atoms with Gasteiger partial charge < -0.3 is 24.8 Å². The van der Waals surface area contributed by atoms with E-state index in [9.17, 15) is 9.59 Å². The quantitative estimate of drug-likeness (QED) is 0.194. The summed E-state index contributed by atoms with van der Waals surface area (Å²) < 4.78 is 16.9. The predicted octanol–water partition coefficient (Wildman–Crippen LogP) is 5.92. The maximum atomic E-state index is 12.5. The molecule has 0 spiro atoms. The molecule has 0 saturated carbocycles. The van der Waals surface area contributed by atoms with Gasteiger partial charge >= 0.3 is 0 Å². The van der Waals surface area contributed by atoms with E-state index in [-0.39, 0.29) is 24.7 Å². The highest BCUT2D eigenvalue weighted by Crippen LogP contribution is 2.32. The maximum absolute atomic E-state index is 12.5. The Morgan fingerprint density at radius 3 is 1.81 bits per heavy atom. The fourth-order valence-electron chi connectivity index (χ4n) is 4.86. The van der Waals surface area contributed by atoms with Crippen molar-refractivity contribution in [2.45, 2.75) is 39.5 Å². The Bertz CT molecular complexity index is 1530. The second-order valence-electron chi connectivity index (χ2n) is 10.6. The molecule has 4 aromatic carbocycles. The Kier molecular flexibility index (Phi) is 11.2. The standard InChI is InChI=1S/C36H40N2O5/c1-25-6-5-7-27(20-25)16-18-38-36(40)24-30-11-15-33(34(22-30)42-4)43-31-12-8-28(9-13-31)23-35(39)37-19-17-29-10-14-32(41-3)26(2)21-29/h5-15,20-22H,16-19,23-24H2,1-4H3,(H,37,39)(H,38,40). The van der Waals surface area contributed by atoms with Gasteiger partial charge in [-0.15, -0.1) is 0 Å². The summed E-state index contributed by atoms with van der Waals surface area (Å²) >= 11 is 0. The molecule has 0 saturated heterocycles. The van der Waals surface area contributed by atoms with Crippen molar-refractivity contribution in [1.29, 1.82) is 0 Å². The molecule has 0 aromatic heterocycles. The molecule has 0 bridgehead atoms. The van der Waals surface area contributed by atoms with E-state index < -0.39 is 0 Å². The van der Waals surface area contributed by atoms with Crippen LogP contribution >= 0.6 is 0 Å². The Morgan fingerprint density at radius 2 is 1.19 bits per heavy atom. The van der Waals surface area contributed by atoms with E-state index in [1.807, 2.05) is 61.5 Å². The van der Waals surface area contributed by atoms with Crippen molar-refractivity contribution in [3.05, 3.63) is 118 Å². The summed E-state index contributed by atoms with van der Waals surface area (Å²) in [6, 6.07) is 27.3. The summed E-state index contributed by atoms with van der Waals surface area (Å²) in [7, 11) is 3.24. The molecule has 0 radical (unpaired) electrons. The molecule has 43 heavy (non-hydrogen) atoms. The largest absolute Gasteiger partial charge is 0.496 e. The molecule has 4 rings (SSSR count). The minimum absolute atomic E-state index is 0.0321. The Hall–Kier alpha value is -4.78. The second kappa shape index (κ2) is 15.4. The number of amides is 2. The Labute approximate surface area is 254 Å². The SMILES string of the molecule is COc1ccc(CCNC(=O)Cc2ccc(Oc3ccc(CC(=O)NCCc4cccc(C)c4)cc3OC)cc2)cc1C. The van der Waals surface area contributed by atoms with Crippen molar-refractivity contribution in [2.24, 2.45) is 0 Å². The summed E-state index contributed by atoms with van der Waals surface area (Å²) in [5, 5.41) is 5.98. The number of hydrogen-bond acceptors (Lipinski definition) is 5. The lowest BCUT2D eigenvalue weighted by Crippen LogP contribution is -2.27. The molecule has 0 heterocycles. The zero-order valence-corrected chi connectivity index (χ0v) is 25.4. The summed E-state index contributed by atoms with van der Waals surface area (Å²) in [6.45, 7) is 5.22. The van der Waals surface area contributed by atoms with Gasteiger partial charge in [0.1, 0.15) is 11.5 Å². The smallest absolute Gasteiger partial charge is 0.224 e. The van der Waals surface area contributed by atoms with E-state index in [2.05, 4.69) is 41.8 Å². The van der Waals surface area contributed by atoms with Gasteiger partial charge in [-0.25, -0.2) is 0 Å². The average Bonchev–Trinajstić information content (AvgIpc) is 2.99. The first-order chi connectivity index (χ1) is 20.8. The number of nitrogens with one attached hydrogen (secondary N) is 2. The third kappa shape index (κ3) is 9.64. The lowest BCUT2D eigenvalue weighted by molar-refractivity contribution is -0.121. The van der Waals surface area contributed by atoms with Crippen molar-refractivity contribution in [1.82, 2.24) is 10.6 Å². The predicted molar refractivity (Wildman–Crippen MR) is 169 cm³/mol. The van der Waals surface area contributed by atoms with E-state index in [1.165, 1.54) is 11.1 Å². The van der Waals surface area contributed by atoms with Crippen molar-refractivity contribution < 1.29 is 23.8 Å². The molecule has 0 unspecified atom stereocenters. The first-order valence-electron chi connectivity index (χ1n) is 14.5. The van der Waals surface area contributed by atoms with Crippen LogP contribution in [0.5, 0.6) is 23.0 Å². The van der Waals surface area contributed by atoms with Crippen LogP contribution in [-0.2, 0) is 35.3 Å². The molecule has 7 nitrogen and oxygen atoms in total. The number of benzene rings is 4. The molecule has 0 aliphatic rings. The Balaban J connectivity index is 1.23. The van der Waals surface area contributed by atoms with Gasteiger partial charge in [-0.3, -0.25) is 9.59 Å². The van der Waals surface area contributed by atoms with Crippen LogP contribution in [0.1, 0.15) is 33.4 Å². The third-order valence-electron chi connectivity index (χ3n) is 7.12. The average molecular weight is 581 g/mol. The van der Waals surface area contributed by atoms with E-state index in [0.29, 0.717) is 30.3 Å². The molecule has 0 aliphatic heterocycles. The summed E-state index contributed by atoms with van der Waals surface area (Å²) in [6.07, 6.45) is 2.08. The minimum Gasteiger partial charge on any atom is -0.496 e. The van der Waals surface area contributed by atoms with Crippen LogP contribution in [-0.4, -0.2) is 39.1 Å². The van der Waals surface area contributed by atoms with Gasteiger partial charge in [-0.2, -0.15) is 0 Å². The van der Waals surface area contributed by atoms with E-state index in [1.54, 1.807) is 20.3 Å². The molecule has 7 heteroatoms. The molecule has 224 valence electrons. The van der Waals surface area contributed by atoms with Crippen molar-refractivity contribution in [3.63, 3.8) is 0 Å². The van der Waals surface area contributed by atoms with Crippen LogP contribution in [0.2, 0.25) is 0 Å². The van der Waals surface area contributed by atoms with Gasteiger partial charge in [-0.1, -0.05) is 60.2 Å². The highest BCUT2D eigenvalue weighted by molar-refractivity contribution is 5.79. The van der Waals surface area contributed by atoms with Crippen LogP contribution in [0.15, 0.2) is 84.9 Å². The molecule has 0 atom stereocenters. The fourth-order valence-corrected chi connectivity index (χ4v) is 4.86. The van der Waals surface area contributed by atoms with E-state index >= 15 is 0 Å². The third-order valence-corrected chi connectivity index (χ3v) is 7.12. The zero-order chi connectivity index (χ0) is 30.6. The molecule has 2 amide bonds. The van der Waals surface area contributed by atoms with Gasteiger partial charge in [0.2, 0.25) is 11.8 Å². The normalized spacial score (nSPS) is 10.6. The van der Waals surface area contributed by atoms with Crippen LogP contribution in [0, 0.1) is 13.8 Å². The van der Waals surface area contributed by atoms with Crippen molar-refractivity contribution in [2.75, 3.05) is 27.3 Å². The number of carbonyl (C=O) groups is 2. The van der Waals surface area contributed by atoms with Gasteiger partial charge in [-0.05, 0) is 84.8 Å². The topological polar surface area (TPSA) is 85.9 Å². The van der Waals surface area contributed by atoms with Crippen molar-refractivity contribution >= 4 is 11.8 Å². The number of hydrogen-bond donors (Lipinski definition) is 2. The van der Waals surface area contributed by atoms with Gasteiger partial charge in [0.25, 0.3) is 0 Å². The van der Waals surface area contributed by atoms with Crippen LogP contribution in [0.4, 0.5) is 0 Å². The first kappa shape index (κ1) is 31.2. The molecular formula is C36H40N2O5. The van der Waals surface area contributed by atoms with Gasteiger partial charge in [0.15, 0.2) is 11.5 Å². The van der Waals surface area contributed by atoms with E-state index in [4.69, 9.17) is 14.2 Å². The summed E-state index contributed by atoms with van der Waals surface area (Å²) in [5.74, 6) is 2.50. The number of ether oxygens (including phenoxy) is 3. The van der Waals surface area contributed by atoms with Crippen LogP contribution in [0.3, 0.4) is 0 Å². The Morgan fingerprint density at radius 1 is 0.605 bits per heavy atom. The lowest BCUT2D eigenvalue weighted by Gasteiger charge is -2.13. The summed E-state index contributed by atoms with van der Waals surface area (Å²) in [4.78, 5) is 25.0. The number of rotatable bonds is 14. The molecule has 0 fully saturated rings. The highest BCUT2D eigenvalue weighted by atomic mass is 16.5. The van der Waals surface area contributed by atoms with Crippen molar-refractivity contribution in [3.8, 4) is 23.0 Å². The van der Waals surface area contributed by atoms with Crippen LogP contribution in [0.25, 0.3) is 0 Å². The van der Waals surface area contributed by atoms with E-state index in [0.717, 1.165) is 40.8 Å². The molecule has 4 aromatic rings. The van der Waals surface area contributed by atoms with Crippen LogP contribution < -0.4 is 24.8 Å². The number of aryl methyl sites for hydroxylation is 2. The number of methoxy groups -OCH3 is 2. The van der Waals surface area contributed by atoms with Gasteiger partial charge in [0.05, 0.1) is 27.1 Å². The minimum atomic E-state index is -0.0428. The fraction of sp³-hybridized carbons (Fsp3) is 0.278. The zero-order valence-electron chi connectivity index (χ0n) is 25.4. The summed E-state index contributed by atoms with van der Waals surface area (Å²) in [5.41, 5.74) is 6.37. The number of carbonyl (C=O) groups excluding carboxylic acids is 2. The van der Waals surface area contributed by atoms with Gasteiger partial charge in [0, 0.05) is 13.1 Å². The maximum Gasteiger partial charge on any atom is 0.224 e. The highest BCUT2D eigenvalue weighted by Gasteiger charge is 2.11. The second-order valence-corrected chi connectivity index (χ2v) is 10.6. The molecular weight excluding hydrogens is 540 g/mol. The monoisotopic (exact) mass is 580 g/mol. The molecule has 0 aliphatic carbocycles. The molecule has 2 N–H and O–H groups in total. The lowest BCUT2D eigenvalue weighted by atomic mass is 10.1. The first-order valence-corrected chi connectivity index (χ1v) is 14.5.